The van der Waals surface area contributed by atoms with Gasteiger partial charge in [-0.25, -0.2) is 13.1 Å². The molecule has 1 unspecified atom stereocenters. The van der Waals surface area contributed by atoms with Gasteiger partial charge in [-0.15, -0.1) is 0 Å². The quantitative estimate of drug-likeness (QED) is 0.793. The second kappa shape index (κ2) is 6.15. The molecule has 0 bridgehead atoms. The van der Waals surface area contributed by atoms with Crippen LogP contribution in [0.1, 0.15) is 18.5 Å². The summed E-state index contributed by atoms with van der Waals surface area (Å²) in [6.45, 7) is 1.90. The van der Waals surface area contributed by atoms with Crippen LogP contribution in [0.15, 0.2) is 53.4 Å². The molecule has 0 aromatic heterocycles. The van der Waals surface area contributed by atoms with E-state index in [0.29, 0.717) is 5.69 Å². The van der Waals surface area contributed by atoms with Gasteiger partial charge in [0.05, 0.1) is 10.9 Å². The first-order chi connectivity index (χ1) is 9.94. The molecule has 2 rings (SSSR count). The van der Waals surface area contributed by atoms with Crippen molar-refractivity contribution in [3.05, 3.63) is 54.1 Å². The Hall–Kier alpha value is -2.05. The van der Waals surface area contributed by atoms with E-state index in [1.807, 2.05) is 19.1 Å². The van der Waals surface area contributed by atoms with Crippen molar-refractivity contribution >= 4 is 15.7 Å². The third-order valence-corrected chi connectivity index (χ3v) is 4.61. The van der Waals surface area contributed by atoms with Crippen molar-refractivity contribution < 1.29 is 13.5 Å². The Balaban J connectivity index is 2.25. The molecule has 0 aliphatic carbocycles. The monoisotopic (exact) mass is 306 g/mol. The molecule has 0 amide bonds. The number of anilines is 1. The molecule has 112 valence electrons. The minimum Gasteiger partial charge on any atom is -0.508 e. The number of sulfonamides is 1. The van der Waals surface area contributed by atoms with E-state index < -0.39 is 10.0 Å². The molecule has 0 heterocycles. The molecule has 0 aliphatic rings. The summed E-state index contributed by atoms with van der Waals surface area (Å²) in [6, 6.07) is 13.4. The third kappa shape index (κ3) is 3.53. The Morgan fingerprint density at radius 2 is 1.81 bits per heavy atom. The van der Waals surface area contributed by atoms with Crippen LogP contribution in [-0.2, 0) is 10.0 Å². The molecule has 3 N–H and O–H groups in total. The predicted molar refractivity (Wildman–Crippen MR) is 82.8 cm³/mol. The van der Waals surface area contributed by atoms with Gasteiger partial charge in [-0.05, 0) is 38.2 Å². The molecular weight excluding hydrogens is 288 g/mol. The normalized spacial score (nSPS) is 12.9. The van der Waals surface area contributed by atoms with Crippen LogP contribution in [0, 0.1) is 0 Å². The van der Waals surface area contributed by atoms with E-state index in [-0.39, 0.29) is 16.7 Å². The number of benzene rings is 2. The lowest BCUT2D eigenvalue weighted by Crippen LogP contribution is -2.18. The highest BCUT2D eigenvalue weighted by Gasteiger charge is 2.13. The molecule has 2 aromatic rings. The molecule has 0 spiro atoms. The van der Waals surface area contributed by atoms with Gasteiger partial charge in [0.15, 0.2) is 0 Å². The summed E-state index contributed by atoms with van der Waals surface area (Å²) in [5.74, 6) is 0.205. The zero-order chi connectivity index (χ0) is 15.5. The molecule has 6 heteroatoms. The smallest absolute Gasteiger partial charge is 0.240 e. The number of hydrogen-bond acceptors (Lipinski definition) is 4. The van der Waals surface area contributed by atoms with Crippen molar-refractivity contribution in [3.63, 3.8) is 0 Å². The van der Waals surface area contributed by atoms with Crippen LogP contribution < -0.4 is 10.0 Å². The maximum Gasteiger partial charge on any atom is 0.240 e. The van der Waals surface area contributed by atoms with Gasteiger partial charge in [0, 0.05) is 11.3 Å². The van der Waals surface area contributed by atoms with Crippen molar-refractivity contribution in [2.24, 2.45) is 0 Å². The number of nitrogens with one attached hydrogen (secondary N) is 2. The zero-order valence-electron chi connectivity index (χ0n) is 11.9. The highest BCUT2D eigenvalue weighted by molar-refractivity contribution is 7.89. The second-order valence-electron chi connectivity index (χ2n) is 4.66. The number of phenols is 1. The van der Waals surface area contributed by atoms with Gasteiger partial charge in [-0.3, -0.25) is 0 Å². The standard InChI is InChI=1S/C15H18N2O3S/c1-11(14-8-3-4-9-15(14)18)17-12-6-5-7-13(10-12)21(19,20)16-2/h3-11,16-18H,1-2H3. The summed E-state index contributed by atoms with van der Waals surface area (Å²) < 4.78 is 25.9. The van der Waals surface area contributed by atoms with Crippen LogP contribution in [0.5, 0.6) is 5.75 Å². The van der Waals surface area contributed by atoms with Gasteiger partial charge >= 0.3 is 0 Å². The van der Waals surface area contributed by atoms with Crippen molar-refractivity contribution in [2.45, 2.75) is 17.9 Å². The summed E-state index contributed by atoms with van der Waals surface area (Å²) in [6.07, 6.45) is 0. The SMILES string of the molecule is CNS(=O)(=O)c1cccc(NC(C)c2ccccc2O)c1. The van der Waals surface area contributed by atoms with Crippen LogP contribution in [-0.4, -0.2) is 20.6 Å². The number of aromatic hydroxyl groups is 1. The lowest BCUT2D eigenvalue weighted by atomic mass is 10.1. The van der Waals surface area contributed by atoms with Crippen LogP contribution in [0.25, 0.3) is 0 Å². The fraction of sp³-hybridized carbons (Fsp3) is 0.200. The van der Waals surface area contributed by atoms with Crippen molar-refractivity contribution in [1.29, 1.82) is 0 Å². The average molecular weight is 306 g/mol. The largest absolute Gasteiger partial charge is 0.508 e. The molecule has 0 saturated carbocycles. The lowest BCUT2D eigenvalue weighted by molar-refractivity contribution is 0.465. The minimum atomic E-state index is -3.47. The van der Waals surface area contributed by atoms with Gasteiger partial charge in [0.1, 0.15) is 5.75 Å². The molecular formula is C15H18N2O3S. The molecule has 0 aliphatic heterocycles. The van der Waals surface area contributed by atoms with Gasteiger partial charge in [0.2, 0.25) is 10.0 Å². The molecule has 2 aromatic carbocycles. The molecule has 5 nitrogen and oxygen atoms in total. The van der Waals surface area contributed by atoms with Gasteiger partial charge in [0.25, 0.3) is 0 Å². The number of hydrogen-bond donors (Lipinski definition) is 3. The maximum atomic E-state index is 11.8. The van der Waals surface area contributed by atoms with Gasteiger partial charge < -0.3 is 10.4 Å². The van der Waals surface area contributed by atoms with E-state index in [2.05, 4.69) is 10.0 Å². The predicted octanol–water partition coefficient (Wildman–Crippen LogP) is 2.47. The van der Waals surface area contributed by atoms with E-state index >= 15 is 0 Å². The number of para-hydroxylation sites is 1. The summed E-state index contributed by atoms with van der Waals surface area (Å²) in [7, 11) is -2.09. The Morgan fingerprint density at radius 1 is 1.10 bits per heavy atom. The van der Waals surface area contributed by atoms with Gasteiger partial charge in [-0.2, -0.15) is 0 Å². The van der Waals surface area contributed by atoms with E-state index in [0.717, 1.165) is 5.56 Å². The highest BCUT2D eigenvalue weighted by Crippen LogP contribution is 2.27. The molecule has 0 fully saturated rings. The average Bonchev–Trinajstić information content (AvgIpc) is 2.48. The van der Waals surface area contributed by atoms with Crippen molar-refractivity contribution in [1.82, 2.24) is 4.72 Å². The van der Waals surface area contributed by atoms with Crippen molar-refractivity contribution in [2.75, 3.05) is 12.4 Å². The first-order valence-corrected chi connectivity index (χ1v) is 8.00. The Morgan fingerprint density at radius 3 is 2.48 bits per heavy atom. The van der Waals surface area contributed by atoms with Crippen LogP contribution in [0.2, 0.25) is 0 Å². The summed E-state index contributed by atoms with van der Waals surface area (Å²) in [5, 5.41) is 13.0. The van der Waals surface area contributed by atoms with Crippen LogP contribution in [0.4, 0.5) is 5.69 Å². The first-order valence-electron chi connectivity index (χ1n) is 6.52. The van der Waals surface area contributed by atoms with Crippen LogP contribution >= 0.6 is 0 Å². The first kappa shape index (κ1) is 15.3. The maximum absolute atomic E-state index is 11.8. The van der Waals surface area contributed by atoms with Gasteiger partial charge in [-0.1, -0.05) is 24.3 Å². The fourth-order valence-corrected chi connectivity index (χ4v) is 2.83. The second-order valence-corrected chi connectivity index (χ2v) is 6.55. The third-order valence-electron chi connectivity index (χ3n) is 3.20. The highest BCUT2D eigenvalue weighted by atomic mass is 32.2. The number of phenolic OH excluding ortho intramolecular Hbond substituents is 1. The zero-order valence-corrected chi connectivity index (χ0v) is 12.7. The Labute approximate surface area is 124 Å². The summed E-state index contributed by atoms with van der Waals surface area (Å²) >= 11 is 0. The molecule has 1 atom stereocenters. The van der Waals surface area contributed by atoms with Crippen molar-refractivity contribution in [3.8, 4) is 5.75 Å². The molecule has 0 radical (unpaired) electrons. The minimum absolute atomic E-state index is 0.154. The van der Waals surface area contributed by atoms with E-state index in [4.69, 9.17) is 0 Å². The number of rotatable bonds is 5. The summed E-state index contributed by atoms with van der Waals surface area (Å²) in [4.78, 5) is 0.194. The lowest BCUT2D eigenvalue weighted by Gasteiger charge is -2.17. The van der Waals surface area contributed by atoms with E-state index in [9.17, 15) is 13.5 Å². The van der Waals surface area contributed by atoms with Crippen LogP contribution in [0.3, 0.4) is 0 Å². The van der Waals surface area contributed by atoms with E-state index in [1.54, 1.807) is 30.3 Å². The van der Waals surface area contributed by atoms with E-state index in [1.165, 1.54) is 13.1 Å². The fourth-order valence-electron chi connectivity index (χ4n) is 2.05. The molecule has 21 heavy (non-hydrogen) atoms. The topological polar surface area (TPSA) is 78.4 Å². The summed E-state index contributed by atoms with van der Waals surface area (Å²) in [5.41, 5.74) is 1.42. The molecule has 0 saturated heterocycles. The Bertz CT molecular complexity index is 729. The Kier molecular flexibility index (Phi) is 4.50.